The smallest absolute Gasteiger partial charge is 0.142 e. The maximum Gasteiger partial charge on any atom is 0.142 e. The standard InChI is InChI=1S/C20H20O/c1-15(2)11-12-17-9-6-10-18-13-14-19(21-20(17)18)16-7-4-3-5-8-16/h3-11,13-14,19H,12H2,1-2H3/t19-/m0/s1. The number of hydrogen-bond donors (Lipinski definition) is 0. The number of rotatable bonds is 3. The molecule has 2 aromatic carbocycles. The molecule has 0 amide bonds. The van der Waals surface area contributed by atoms with E-state index in [0.717, 1.165) is 12.2 Å². The summed E-state index contributed by atoms with van der Waals surface area (Å²) in [6, 6.07) is 16.7. The molecule has 106 valence electrons. The van der Waals surface area contributed by atoms with Gasteiger partial charge in [0.2, 0.25) is 0 Å². The lowest BCUT2D eigenvalue weighted by molar-refractivity contribution is 0.249. The summed E-state index contributed by atoms with van der Waals surface area (Å²) in [5, 5.41) is 0. The molecular formula is C20H20O. The predicted octanol–water partition coefficient (Wildman–Crippen LogP) is 5.34. The van der Waals surface area contributed by atoms with Gasteiger partial charge >= 0.3 is 0 Å². The van der Waals surface area contributed by atoms with E-state index < -0.39 is 0 Å². The third-order valence-electron chi connectivity index (χ3n) is 3.68. The molecule has 0 fully saturated rings. The van der Waals surface area contributed by atoms with Crippen LogP contribution in [0.25, 0.3) is 6.08 Å². The molecule has 0 aliphatic carbocycles. The van der Waals surface area contributed by atoms with E-state index in [2.05, 4.69) is 74.5 Å². The Morgan fingerprint density at radius 2 is 1.86 bits per heavy atom. The molecule has 0 radical (unpaired) electrons. The van der Waals surface area contributed by atoms with E-state index >= 15 is 0 Å². The minimum atomic E-state index is 0.00607. The van der Waals surface area contributed by atoms with Gasteiger partial charge < -0.3 is 4.74 Å². The van der Waals surface area contributed by atoms with E-state index in [1.165, 1.54) is 22.3 Å². The second-order valence-corrected chi connectivity index (χ2v) is 5.63. The highest BCUT2D eigenvalue weighted by Gasteiger charge is 2.18. The quantitative estimate of drug-likeness (QED) is 0.687. The first-order valence-electron chi connectivity index (χ1n) is 7.39. The third-order valence-corrected chi connectivity index (χ3v) is 3.68. The zero-order valence-electron chi connectivity index (χ0n) is 12.5. The molecule has 1 heteroatoms. The Bertz CT molecular complexity index is 676. The van der Waals surface area contributed by atoms with E-state index in [1.807, 2.05) is 6.07 Å². The Morgan fingerprint density at radius 3 is 2.62 bits per heavy atom. The molecule has 0 unspecified atom stereocenters. The molecule has 2 aromatic rings. The fourth-order valence-electron chi connectivity index (χ4n) is 2.53. The Labute approximate surface area is 126 Å². The van der Waals surface area contributed by atoms with Crippen molar-refractivity contribution in [2.24, 2.45) is 0 Å². The zero-order valence-corrected chi connectivity index (χ0v) is 12.5. The second-order valence-electron chi connectivity index (χ2n) is 5.63. The average molecular weight is 276 g/mol. The van der Waals surface area contributed by atoms with E-state index in [-0.39, 0.29) is 6.10 Å². The summed E-state index contributed by atoms with van der Waals surface area (Å²) >= 11 is 0. The number of benzene rings is 2. The monoisotopic (exact) mass is 276 g/mol. The van der Waals surface area contributed by atoms with Gasteiger partial charge in [0, 0.05) is 5.56 Å². The summed E-state index contributed by atoms with van der Waals surface area (Å²) in [5.74, 6) is 1.02. The Kier molecular flexibility index (Phi) is 3.92. The molecule has 1 aliphatic heterocycles. The Balaban J connectivity index is 1.92. The molecular weight excluding hydrogens is 256 g/mol. The summed E-state index contributed by atoms with van der Waals surface area (Å²) < 4.78 is 6.27. The van der Waals surface area contributed by atoms with Crippen LogP contribution in [0.3, 0.4) is 0 Å². The molecule has 1 atom stereocenters. The van der Waals surface area contributed by atoms with E-state index in [9.17, 15) is 0 Å². The second kappa shape index (κ2) is 6.01. The highest BCUT2D eigenvalue weighted by Crippen LogP contribution is 2.35. The van der Waals surface area contributed by atoms with Gasteiger partial charge in [-0.25, -0.2) is 0 Å². The van der Waals surface area contributed by atoms with Gasteiger partial charge in [-0.15, -0.1) is 0 Å². The molecule has 21 heavy (non-hydrogen) atoms. The first-order chi connectivity index (χ1) is 10.2. The van der Waals surface area contributed by atoms with Crippen LogP contribution in [0.15, 0.2) is 66.3 Å². The van der Waals surface area contributed by atoms with Gasteiger partial charge in [-0.1, -0.05) is 66.3 Å². The fraction of sp³-hybridized carbons (Fsp3) is 0.200. The van der Waals surface area contributed by atoms with E-state index in [4.69, 9.17) is 4.74 Å². The van der Waals surface area contributed by atoms with Crippen molar-refractivity contribution in [3.8, 4) is 5.75 Å². The highest BCUT2D eigenvalue weighted by atomic mass is 16.5. The van der Waals surface area contributed by atoms with Gasteiger partial charge in [0.25, 0.3) is 0 Å². The molecule has 1 aliphatic rings. The summed E-state index contributed by atoms with van der Waals surface area (Å²) in [6.07, 6.45) is 7.46. The number of allylic oxidation sites excluding steroid dienone is 2. The lowest BCUT2D eigenvalue weighted by atomic mass is 10.00. The molecule has 1 nitrogen and oxygen atoms in total. The Morgan fingerprint density at radius 1 is 1.05 bits per heavy atom. The number of hydrogen-bond acceptors (Lipinski definition) is 1. The number of para-hydroxylation sites is 1. The van der Waals surface area contributed by atoms with Crippen LogP contribution < -0.4 is 4.74 Å². The van der Waals surface area contributed by atoms with Crippen molar-refractivity contribution in [2.45, 2.75) is 26.4 Å². The predicted molar refractivity (Wildman–Crippen MR) is 88.4 cm³/mol. The van der Waals surface area contributed by atoms with E-state index in [0.29, 0.717) is 0 Å². The van der Waals surface area contributed by atoms with Gasteiger partial charge in [-0.05, 0) is 37.5 Å². The summed E-state index contributed by atoms with van der Waals surface area (Å²) in [5.41, 5.74) is 4.94. The lowest BCUT2D eigenvalue weighted by Gasteiger charge is -2.24. The molecule has 0 spiro atoms. The van der Waals surface area contributed by atoms with Gasteiger partial charge in [-0.2, -0.15) is 0 Å². The van der Waals surface area contributed by atoms with Crippen LogP contribution in [0.5, 0.6) is 5.75 Å². The SMILES string of the molecule is CC(C)=CCc1cccc2c1O[C@H](c1ccccc1)C=C2. The first kappa shape index (κ1) is 13.7. The van der Waals surface area contributed by atoms with Gasteiger partial charge in [-0.3, -0.25) is 0 Å². The molecule has 0 bridgehead atoms. The van der Waals surface area contributed by atoms with Crippen molar-refractivity contribution in [2.75, 3.05) is 0 Å². The fourth-order valence-corrected chi connectivity index (χ4v) is 2.53. The normalized spacial score (nSPS) is 16.0. The Hall–Kier alpha value is -2.28. The van der Waals surface area contributed by atoms with Gasteiger partial charge in [0.05, 0.1) is 0 Å². The van der Waals surface area contributed by atoms with Crippen molar-refractivity contribution in [1.29, 1.82) is 0 Å². The van der Waals surface area contributed by atoms with Crippen LogP contribution >= 0.6 is 0 Å². The van der Waals surface area contributed by atoms with Crippen molar-refractivity contribution in [3.63, 3.8) is 0 Å². The molecule has 3 rings (SSSR count). The molecule has 0 aromatic heterocycles. The van der Waals surface area contributed by atoms with Crippen LogP contribution in [0, 0.1) is 0 Å². The third kappa shape index (κ3) is 3.08. The van der Waals surface area contributed by atoms with Crippen molar-refractivity contribution >= 4 is 6.08 Å². The maximum atomic E-state index is 6.27. The first-order valence-corrected chi connectivity index (χ1v) is 7.39. The van der Waals surface area contributed by atoms with Crippen molar-refractivity contribution in [1.82, 2.24) is 0 Å². The topological polar surface area (TPSA) is 9.23 Å². The minimum absolute atomic E-state index is 0.00607. The number of fused-ring (bicyclic) bond motifs is 1. The van der Waals surface area contributed by atoms with Gasteiger partial charge in [0.15, 0.2) is 0 Å². The molecule has 0 N–H and O–H groups in total. The summed E-state index contributed by atoms with van der Waals surface area (Å²) in [7, 11) is 0. The van der Waals surface area contributed by atoms with Gasteiger partial charge in [0.1, 0.15) is 11.9 Å². The lowest BCUT2D eigenvalue weighted by Crippen LogP contribution is -2.10. The summed E-state index contributed by atoms with van der Waals surface area (Å²) in [6.45, 7) is 4.26. The summed E-state index contributed by atoms with van der Waals surface area (Å²) in [4.78, 5) is 0. The minimum Gasteiger partial charge on any atom is -0.481 e. The van der Waals surface area contributed by atoms with Crippen LogP contribution in [0.4, 0.5) is 0 Å². The average Bonchev–Trinajstić information content (AvgIpc) is 2.53. The van der Waals surface area contributed by atoms with Crippen molar-refractivity contribution < 1.29 is 4.74 Å². The van der Waals surface area contributed by atoms with Crippen LogP contribution in [-0.2, 0) is 6.42 Å². The largest absolute Gasteiger partial charge is 0.481 e. The molecule has 0 saturated carbocycles. The van der Waals surface area contributed by atoms with Crippen LogP contribution in [-0.4, -0.2) is 0 Å². The molecule has 0 saturated heterocycles. The highest BCUT2D eigenvalue weighted by molar-refractivity contribution is 5.63. The maximum absolute atomic E-state index is 6.27. The van der Waals surface area contributed by atoms with E-state index in [1.54, 1.807) is 0 Å². The molecule has 1 heterocycles. The zero-order chi connectivity index (χ0) is 14.7. The van der Waals surface area contributed by atoms with Crippen LogP contribution in [0.2, 0.25) is 0 Å². The van der Waals surface area contributed by atoms with Crippen molar-refractivity contribution in [3.05, 3.63) is 82.9 Å². The number of ether oxygens (including phenoxy) is 1. The van der Waals surface area contributed by atoms with Crippen LogP contribution in [0.1, 0.15) is 36.6 Å².